The van der Waals surface area contributed by atoms with E-state index in [4.69, 9.17) is 0 Å². The normalized spacial score (nSPS) is 16.2. The Morgan fingerprint density at radius 2 is 1.63 bits per heavy atom. The number of sulfonamides is 1. The average molecular weight is 649 g/mol. The molecule has 43 heavy (non-hydrogen) atoms. The van der Waals surface area contributed by atoms with Crippen molar-refractivity contribution in [3.8, 4) is 0 Å². The molecule has 0 saturated carbocycles. The van der Waals surface area contributed by atoms with E-state index in [2.05, 4.69) is 32.1 Å². The number of hydrogen-bond acceptors (Lipinski definition) is 6. The first-order valence-electron chi connectivity index (χ1n) is 13.3. The Bertz CT molecular complexity index is 1470. The Hall–Kier alpha value is -3.17. The van der Waals surface area contributed by atoms with Crippen molar-refractivity contribution in [3.63, 3.8) is 0 Å². The maximum absolute atomic E-state index is 13.3. The lowest BCUT2D eigenvalue weighted by Gasteiger charge is -2.32. The molecule has 2 heterocycles. The molecule has 234 valence electrons. The highest BCUT2D eigenvalue weighted by Crippen LogP contribution is 2.36. The summed E-state index contributed by atoms with van der Waals surface area (Å²) in [7, 11) is -3.64. The highest BCUT2D eigenvalue weighted by molar-refractivity contribution is 7.92. The minimum Gasteiger partial charge on any atom is -0.351 e. The van der Waals surface area contributed by atoms with Crippen molar-refractivity contribution in [2.45, 2.75) is 50.0 Å². The van der Waals surface area contributed by atoms with Crippen molar-refractivity contribution in [2.75, 3.05) is 30.6 Å². The third-order valence-corrected chi connectivity index (χ3v) is 8.64. The zero-order valence-corrected chi connectivity index (χ0v) is 24.6. The Labute approximate surface area is 249 Å². The summed E-state index contributed by atoms with van der Waals surface area (Å²) >= 11 is 0.960. The molecular formula is C28H30F6N4O3S2. The van der Waals surface area contributed by atoms with Crippen molar-refractivity contribution >= 4 is 32.4 Å². The topological polar surface area (TPSA) is 91.4 Å². The Balaban J connectivity index is 1.48. The highest BCUT2D eigenvalue weighted by atomic mass is 32.2. The highest BCUT2D eigenvalue weighted by Gasteiger charge is 2.37. The zero-order chi connectivity index (χ0) is 31.4. The molecule has 1 unspecified atom stereocenters. The number of carbonyl (C=O) groups is 1. The van der Waals surface area contributed by atoms with E-state index in [0.717, 1.165) is 43.5 Å². The second-order valence-corrected chi connectivity index (χ2v) is 13.1. The monoisotopic (exact) mass is 648 g/mol. The molecule has 0 bridgehead atoms. The quantitative estimate of drug-likeness (QED) is 0.255. The standard InChI is InChI=1S/C28H30F6N4O3S2/c1-43(40,41)37-26-36-24(17-42-26)23(9-12-38-10-7-20(8-11-38)19-5-3-2-4-6-19)25(39)35-16-18-13-21(27(29,30)31)15-22(14-18)28(32,33)34/h2-6,13-15,17,20,23H,7-12,16H2,1H3,(H,35,39)(H,36,37). The Morgan fingerprint density at radius 3 is 2.19 bits per heavy atom. The van der Waals surface area contributed by atoms with Gasteiger partial charge in [0.2, 0.25) is 15.9 Å². The number of hydrogen-bond donors (Lipinski definition) is 2. The van der Waals surface area contributed by atoms with E-state index in [9.17, 15) is 39.6 Å². The summed E-state index contributed by atoms with van der Waals surface area (Å²) < 4.78 is 105. The van der Waals surface area contributed by atoms with E-state index in [1.807, 2.05) is 18.2 Å². The zero-order valence-electron chi connectivity index (χ0n) is 23.0. The first kappa shape index (κ1) is 32.7. The van der Waals surface area contributed by atoms with Crippen LogP contribution in [-0.4, -0.2) is 50.1 Å². The van der Waals surface area contributed by atoms with Crippen LogP contribution in [0, 0.1) is 0 Å². The predicted octanol–water partition coefficient (Wildman–Crippen LogP) is 6.22. The van der Waals surface area contributed by atoms with Gasteiger partial charge in [0, 0.05) is 11.9 Å². The number of piperidine rings is 1. The van der Waals surface area contributed by atoms with Gasteiger partial charge in [-0.1, -0.05) is 30.3 Å². The van der Waals surface area contributed by atoms with Crippen molar-refractivity contribution < 1.29 is 39.6 Å². The molecule has 2 aromatic carbocycles. The van der Waals surface area contributed by atoms with Gasteiger partial charge in [-0.05, 0) is 74.1 Å². The van der Waals surface area contributed by atoms with Crippen molar-refractivity contribution in [2.24, 2.45) is 0 Å². The molecule has 1 amide bonds. The van der Waals surface area contributed by atoms with Crippen molar-refractivity contribution in [3.05, 3.63) is 81.9 Å². The number of rotatable bonds is 10. The fraction of sp³-hybridized carbons (Fsp3) is 0.429. The number of anilines is 1. The average Bonchev–Trinajstić information content (AvgIpc) is 3.38. The number of aromatic nitrogens is 1. The predicted molar refractivity (Wildman–Crippen MR) is 151 cm³/mol. The first-order chi connectivity index (χ1) is 20.1. The van der Waals surface area contributed by atoms with Gasteiger partial charge in [-0.15, -0.1) is 11.3 Å². The minimum absolute atomic E-state index is 0.0285. The summed E-state index contributed by atoms with van der Waals surface area (Å²) in [5, 5.41) is 4.00. The number of carbonyl (C=O) groups excluding carboxylic acids is 1. The van der Waals surface area contributed by atoms with Crippen LogP contribution >= 0.6 is 11.3 Å². The molecule has 4 rings (SSSR count). The van der Waals surface area contributed by atoms with Crippen LogP contribution in [0.2, 0.25) is 0 Å². The van der Waals surface area contributed by atoms with Crippen molar-refractivity contribution in [1.29, 1.82) is 0 Å². The lowest BCUT2D eigenvalue weighted by Crippen LogP contribution is -2.36. The number of benzene rings is 2. The lowest BCUT2D eigenvalue weighted by atomic mass is 9.89. The smallest absolute Gasteiger partial charge is 0.351 e. The van der Waals surface area contributed by atoms with E-state index >= 15 is 0 Å². The van der Waals surface area contributed by atoms with Gasteiger partial charge in [-0.2, -0.15) is 26.3 Å². The Morgan fingerprint density at radius 1 is 1.02 bits per heavy atom. The van der Waals surface area contributed by atoms with Gasteiger partial charge < -0.3 is 10.2 Å². The number of likely N-dealkylation sites (tertiary alicyclic amines) is 1. The van der Waals surface area contributed by atoms with E-state index in [0.29, 0.717) is 24.6 Å². The van der Waals surface area contributed by atoms with Crippen LogP contribution in [0.15, 0.2) is 53.9 Å². The molecule has 1 atom stereocenters. The van der Waals surface area contributed by atoms with E-state index in [-0.39, 0.29) is 28.9 Å². The number of nitrogens with zero attached hydrogens (tertiary/aromatic N) is 2. The molecule has 1 aliphatic rings. The number of amides is 1. The molecular weight excluding hydrogens is 618 g/mol. The third kappa shape index (κ3) is 9.41. The second-order valence-electron chi connectivity index (χ2n) is 10.5. The maximum atomic E-state index is 13.3. The fourth-order valence-corrected chi connectivity index (χ4v) is 6.64. The van der Waals surface area contributed by atoms with E-state index < -0.39 is 51.9 Å². The molecule has 15 heteroatoms. The molecule has 3 aromatic rings. The van der Waals surface area contributed by atoms with Gasteiger partial charge in [0.05, 0.1) is 29.0 Å². The summed E-state index contributed by atoms with van der Waals surface area (Å²) in [4.78, 5) is 19.8. The van der Waals surface area contributed by atoms with E-state index in [1.54, 1.807) is 0 Å². The largest absolute Gasteiger partial charge is 0.416 e. The summed E-state index contributed by atoms with van der Waals surface area (Å²) in [5.74, 6) is -1.17. The van der Waals surface area contributed by atoms with Crippen LogP contribution in [0.25, 0.3) is 0 Å². The molecule has 0 radical (unpaired) electrons. The van der Waals surface area contributed by atoms with Crippen LogP contribution in [0.3, 0.4) is 0 Å². The SMILES string of the molecule is CS(=O)(=O)Nc1nc(C(CCN2CCC(c3ccccc3)CC2)C(=O)NCc2cc(C(F)(F)F)cc(C(F)(F)F)c2)cs1. The second kappa shape index (κ2) is 13.2. The van der Waals surface area contributed by atoms with Crippen molar-refractivity contribution in [1.82, 2.24) is 15.2 Å². The molecule has 1 aromatic heterocycles. The van der Waals surface area contributed by atoms with Gasteiger partial charge >= 0.3 is 12.4 Å². The van der Waals surface area contributed by atoms with Gasteiger partial charge in [0.25, 0.3) is 0 Å². The Kier molecular flexibility index (Phi) is 10.1. The van der Waals surface area contributed by atoms with Crippen LogP contribution in [-0.2, 0) is 33.7 Å². The van der Waals surface area contributed by atoms with Crippen LogP contribution in [0.4, 0.5) is 31.5 Å². The molecule has 2 N–H and O–H groups in total. The van der Waals surface area contributed by atoms with E-state index in [1.165, 1.54) is 10.9 Å². The van der Waals surface area contributed by atoms with Gasteiger partial charge in [0.15, 0.2) is 5.13 Å². The number of thiazole rings is 1. The minimum atomic E-state index is -5.01. The number of halogens is 6. The lowest BCUT2D eigenvalue weighted by molar-refractivity contribution is -0.143. The first-order valence-corrected chi connectivity index (χ1v) is 16.1. The van der Waals surface area contributed by atoms with Gasteiger partial charge in [0.1, 0.15) is 0 Å². The van der Waals surface area contributed by atoms with Crippen LogP contribution in [0.1, 0.15) is 59.0 Å². The van der Waals surface area contributed by atoms with Gasteiger partial charge in [-0.25, -0.2) is 13.4 Å². The maximum Gasteiger partial charge on any atom is 0.416 e. The fourth-order valence-electron chi connectivity index (χ4n) is 5.03. The van der Waals surface area contributed by atoms with Gasteiger partial charge in [-0.3, -0.25) is 9.52 Å². The summed E-state index contributed by atoms with van der Waals surface area (Å²) in [6, 6.07) is 11.3. The third-order valence-electron chi connectivity index (χ3n) is 7.17. The van der Waals surface area contributed by atoms with Crippen LogP contribution in [0.5, 0.6) is 0 Å². The van der Waals surface area contributed by atoms with Crippen LogP contribution < -0.4 is 10.0 Å². The molecule has 1 aliphatic heterocycles. The molecule has 1 saturated heterocycles. The molecule has 1 fully saturated rings. The number of nitrogens with one attached hydrogen (secondary N) is 2. The number of alkyl halides is 6. The summed E-state index contributed by atoms with van der Waals surface area (Å²) in [6.45, 7) is 1.45. The molecule has 0 aliphatic carbocycles. The summed E-state index contributed by atoms with van der Waals surface area (Å²) in [6.07, 6.45) is -7.00. The molecule has 7 nitrogen and oxygen atoms in total. The summed E-state index contributed by atoms with van der Waals surface area (Å²) in [5.41, 5.74) is -1.81. The molecule has 0 spiro atoms.